The van der Waals surface area contributed by atoms with E-state index in [4.69, 9.17) is 5.73 Å². The van der Waals surface area contributed by atoms with E-state index in [9.17, 15) is 0 Å². The third kappa shape index (κ3) is 3.02. The second-order valence-corrected chi connectivity index (χ2v) is 5.73. The van der Waals surface area contributed by atoms with Crippen LogP contribution in [0.2, 0.25) is 0 Å². The van der Waals surface area contributed by atoms with Gasteiger partial charge in [-0.25, -0.2) is 0 Å². The lowest BCUT2D eigenvalue weighted by molar-refractivity contribution is 0.506. The summed E-state index contributed by atoms with van der Waals surface area (Å²) in [6, 6.07) is 19.0. The smallest absolute Gasteiger partial charge is 0.0706 e. The highest BCUT2D eigenvalue weighted by Gasteiger charge is 2.18. The van der Waals surface area contributed by atoms with Crippen LogP contribution in [0.15, 0.2) is 54.6 Å². The van der Waals surface area contributed by atoms with E-state index < -0.39 is 0 Å². The summed E-state index contributed by atoms with van der Waals surface area (Å²) in [5, 5.41) is 0. The molecule has 0 aromatic heterocycles. The molecule has 0 heterocycles. The molecule has 0 bridgehead atoms. The van der Waals surface area contributed by atoms with Crippen LogP contribution >= 0.6 is 0 Å². The van der Waals surface area contributed by atoms with Gasteiger partial charge in [0, 0.05) is 11.4 Å². The summed E-state index contributed by atoms with van der Waals surface area (Å²) in [7, 11) is 0. The fourth-order valence-electron chi connectivity index (χ4n) is 2.26. The van der Waals surface area contributed by atoms with Crippen molar-refractivity contribution in [3.63, 3.8) is 0 Å². The maximum Gasteiger partial charge on any atom is 0.0706 e. The Morgan fingerprint density at radius 2 is 1.45 bits per heavy atom. The topological polar surface area (TPSA) is 29.3 Å². The monoisotopic (exact) mass is 268 g/mol. The number of nitrogens with two attached hydrogens (primary N) is 1. The summed E-state index contributed by atoms with van der Waals surface area (Å²) >= 11 is 0. The summed E-state index contributed by atoms with van der Waals surface area (Å²) in [5.74, 6) is 0. The lowest BCUT2D eigenvalue weighted by atomic mass is 9.82. The Labute approximate surface area is 122 Å². The maximum absolute atomic E-state index is 5.91. The van der Waals surface area contributed by atoms with Crippen LogP contribution in [0.3, 0.4) is 0 Å². The minimum Gasteiger partial charge on any atom is -0.328 e. The maximum atomic E-state index is 5.91. The molecule has 2 N–H and O–H groups in total. The standard InChI is InChI=1S/C18H24N2/c1-4-18(2,3)15-10-12-17(13-11-15)20(14-19)16-8-6-5-7-9-16/h5-13H,4,14,19H2,1-3H3. The largest absolute Gasteiger partial charge is 0.328 e. The first kappa shape index (κ1) is 14.6. The van der Waals surface area contributed by atoms with Crippen molar-refractivity contribution in [1.82, 2.24) is 0 Å². The molecule has 0 spiro atoms. The number of benzene rings is 2. The number of anilines is 2. The molecule has 0 saturated heterocycles. The van der Waals surface area contributed by atoms with Crippen molar-refractivity contribution in [3.05, 3.63) is 60.2 Å². The van der Waals surface area contributed by atoms with E-state index in [-0.39, 0.29) is 5.41 Å². The summed E-state index contributed by atoms with van der Waals surface area (Å²) < 4.78 is 0. The molecule has 0 saturated carbocycles. The predicted octanol–water partition coefficient (Wildman–Crippen LogP) is 4.43. The van der Waals surface area contributed by atoms with Crippen LogP contribution < -0.4 is 10.6 Å². The van der Waals surface area contributed by atoms with E-state index in [0.29, 0.717) is 6.67 Å². The Morgan fingerprint density at radius 3 is 1.95 bits per heavy atom. The first-order valence-corrected chi connectivity index (χ1v) is 7.21. The first-order valence-electron chi connectivity index (χ1n) is 7.21. The Hall–Kier alpha value is -1.80. The molecule has 2 heteroatoms. The molecule has 0 aliphatic heterocycles. The van der Waals surface area contributed by atoms with Crippen molar-refractivity contribution in [2.45, 2.75) is 32.6 Å². The number of hydrogen-bond donors (Lipinski definition) is 1. The lowest BCUT2D eigenvalue weighted by Gasteiger charge is -2.26. The van der Waals surface area contributed by atoms with E-state index >= 15 is 0 Å². The second-order valence-electron chi connectivity index (χ2n) is 5.73. The zero-order valence-electron chi connectivity index (χ0n) is 12.6. The van der Waals surface area contributed by atoms with Crippen molar-refractivity contribution in [2.75, 3.05) is 11.6 Å². The van der Waals surface area contributed by atoms with Gasteiger partial charge < -0.3 is 10.6 Å². The molecule has 0 aliphatic rings. The van der Waals surface area contributed by atoms with Gasteiger partial charge in [0.05, 0.1) is 6.67 Å². The molecular formula is C18H24N2. The van der Waals surface area contributed by atoms with E-state index in [0.717, 1.165) is 17.8 Å². The molecular weight excluding hydrogens is 244 g/mol. The SMILES string of the molecule is CCC(C)(C)c1ccc(N(CN)c2ccccc2)cc1. The molecule has 2 rings (SSSR count). The van der Waals surface area contributed by atoms with Crippen molar-refractivity contribution in [2.24, 2.45) is 5.73 Å². The van der Waals surface area contributed by atoms with Gasteiger partial charge in [0.1, 0.15) is 0 Å². The van der Waals surface area contributed by atoms with E-state index in [1.807, 2.05) is 18.2 Å². The van der Waals surface area contributed by atoms with Crippen molar-refractivity contribution in [3.8, 4) is 0 Å². The first-order chi connectivity index (χ1) is 9.58. The average molecular weight is 268 g/mol. The van der Waals surface area contributed by atoms with Gasteiger partial charge in [-0.05, 0) is 41.7 Å². The number of hydrogen-bond acceptors (Lipinski definition) is 2. The number of rotatable bonds is 5. The van der Waals surface area contributed by atoms with E-state index in [1.165, 1.54) is 5.56 Å². The minimum absolute atomic E-state index is 0.221. The van der Waals surface area contributed by atoms with Crippen molar-refractivity contribution < 1.29 is 0 Å². The average Bonchev–Trinajstić information content (AvgIpc) is 2.50. The van der Waals surface area contributed by atoms with Crippen LogP contribution in [0.25, 0.3) is 0 Å². The Bertz CT molecular complexity index is 529. The lowest BCUT2D eigenvalue weighted by Crippen LogP contribution is -2.25. The van der Waals surface area contributed by atoms with Gasteiger partial charge in [-0.15, -0.1) is 0 Å². The molecule has 20 heavy (non-hydrogen) atoms. The number of nitrogens with zero attached hydrogens (tertiary/aromatic N) is 1. The van der Waals surface area contributed by atoms with Crippen LogP contribution in [0.5, 0.6) is 0 Å². The van der Waals surface area contributed by atoms with Crippen LogP contribution in [-0.2, 0) is 5.41 Å². The van der Waals surface area contributed by atoms with E-state index in [1.54, 1.807) is 0 Å². The van der Waals surface area contributed by atoms with Gasteiger partial charge in [-0.3, -0.25) is 0 Å². The number of para-hydroxylation sites is 1. The Kier molecular flexibility index (Phi) is 4.46. The molecule has 0 atom stereocenters. The molecule has 2 aromatic rings. The summed E-state index contributed by atoms with van der Waals surface area (Å²) in [4.78, 5) is 2.11. The molecule has 106 valence electrons. The molecule has 2 nitrogen and oxygen atoms in total. The second kappa shape index (κ2) is 6.10. The van der Waals surface area contributed by atoms with Gasteiger partial charge in [-0.2, -0.15) is 0 Å². The summed E-state index contributed by atoms with van der Waals surface area (Å²) in [6.07, 6.45) is 1.13. The van der Waals surface area contributed by atoms with Crippen LogP contribution in [0, 0.1) is 0 Å². The highest BCUT2D eigenvalue weighted by molar-refractivity contribution is 5.63. The Balaban J connectivity index is 2.29. The molecule has 0 aliphatic carbocycles. The zero-order valence-corrected chi connectivity index (χ0v) is 12.6. The summed E-state index contributed by atoms with van der Waals surface area (Å²) in [6.45, 7) is 7.25. The summed E-state index contributed by atoms with van der Waals surface area (Å²) in [5.41, 5.74) is 9.76. The van der Waals surface area contributed by atoms with E-state index in [2.05, 4.69) is 62.1 Å². The van der Waals surface area contributed by atoms with Crippen LogP contribution in [-0.4, -0.2) is 6.67 Å². The molecule has 0 fully saturated rings. The highest BCUT2D eigenvalue weighted by Crippen LogP contribution is 2.30. The molecule has 0 unspecified atom stereocenters. The minimum atomic E-state index is 0.221. The predicted molar refractivity (Wildman–Crippen MR) is 87.4 cm³/mol. The van der Waals surface area contributed by atoms with Gasteiger partial charge in [-0.1, -0.05) is 51.1 Å². The normalized spacial score (nSPS) is 11.4. The fourth-order valence-corrected chi connectivity index (χ4v) is 2.26. The fraction of sp³-hybridized carbons (Fsp3) is 0.333. The quantitative estimate of drug-likeness (QED) is 0.813. The third-order valence-corrected chi connectivity index (χ3v) is 4.09. The van der Waals surface area contributed by atoms with Crippen molar-refractivity contribution >= 4 is 11.4 Å². The molecule has 2 aromatic carbocycles. The Morgan fingerprint density at radius 1 is 0.900 bits per heavy atom. The molecule has 0 radical (unpaired) electrons. The van der Waals surface area contributed by atoms with Gasteiger partial charge in [0.25, 0.3) is 0 Å². The van der Waals surface area contributed by atoms with Gasteiger partial charge in [0.15, 0.2) is 0 Å². The highest BCUT2D eigenvalue weighted by atomic mass is 15.2. The molecule has 0 amide bonds. The van der Waals surface area contributed by atoms with Crippen molar-refractivity contribution in [1.29, 1.82) is 0 Å². The van der Waals surface area contributed by atoms with Gasteiger partial charge in [0.2, 0.25) is 0 Å². The van der Waals surface area contributed by atoms with Crippen LogP contribution in [0.1, 0.15) is 32.8 Å². The zero-order chi connectivity index (χ0) is 14.6. The van der Waals surface area contributed by atoms with Crippen LogP contribution in [0.4, 0.5) is 11.4 Å². The third-order valence-electron chi connectivity index (χ3n) is 4.09. The van der Waals surface area contributed by atoms with Gasteiger partial charge >= 0.3 is 0 Å².